The first-order chi connectivity index (χ1) is 14.3. The quantitative estimate of drug-likeness (QED) is 0.379. The van der Waals surface area contributed by atoms with Crippen molar-refractivity contribution >= 4 is 0 Å². The van der Waals surface area contributed by atoms with Gasteiger partial charge in [-0.2, -0.15) is 0 Å². The van der Waals surface area contributed by atoms with Gasteiger partial charge >= 0.3 is 0 Å². The summed E-state index contributed by atoms with van der Waals surface area (Å²) in [6.45, 7) is 24.4. The number of hydrogen-bond acceptors (Lipinski definition) is 1. The molecular formula is C30H56O. The molecule has 2 saturated carbocycles. The molecule has 0 aromatic carbocycles. The van der Waals surface area contributed by atoms with Crippen LogP contribution < -0.4 is 0 Å². The Balaban J connectivity index is 2.34. The number of allylic oxidation sites excluding steroid dienone is 2. The standard InChI is InChI=1S/C30H56O/c1-11-14-25-28(7,8)26(31)17-19-30(25,10)22(4)15-16-24-23(13-3)29(9,18-12-2)21-20-27(24,5)6/h16,22-23,25-26,31H,11-15,17-21H2,1-10H3/b24-16-. The Bertz CT molecular complexity index is 614. The lowest BCUT2D eigenvalue weighted by molar-refractivity contribution is -0.117. The Hall–Kier alpha value is -0.300. The molecule has 31 heavy (non-hydrogen) atoms. The summed E-state index contributed by atoms with van der Waals surface area (Å²) in [5.41, 5.74) is 2.89. The van der Waals surface area contributed by atoms with Crippen molar-refractivity contribution in [2.45, 2.75) is 140 Å². The smallest absolute Gasteiger partial charge is 0.0594 e. The van der Waals surface area contributed by atoms with E-state index in [0.29, 0.717) is 28.1 Å². The molecular weight excluding hydrogens is 376 g/mol. The summed E-state index contributed by atoms with van der Waals surface area (Å²) in [7, 11) is 0. The molecule has 0 spiro atoms. The van der Waals surface area contributed by atoms with E-state index in [9.17, 15) is 5.11 Å². The molecule has 2 fully saturated rings. The van der Waals surface area contributed by atoms with Crippen LogP contribution in [0.4, 0.5) is 0 Å². The van der Waals surface area contributed by atoms with E-state index in [1.54, 1.807) is 5.57 Å². The van der Waals surface area contributed by atoms with Gasteiger partial charge in [0.15, 0.2) is 0 Å². The Morgan fingerprint density at radius 2 is 1.61 bits per heavy atom. The molecule has 2 rings (SSSR count). The highest BCUT2D eigenvalue weighted by atomic mass is 16.3. The molecule has 6 atom stereocenters. The fourth-order valence-corrected chi connectivity index (χ4v) is 7.99. The average molecular weight is 433 g/mol. The van der Waals surface area contributed by atoms with Gasteiger partial charge in [0.1, 0.15) is 0 Å². The van der Waals surface area contributed by atoms with E-state index in [1.165, 1.54) is 57.8 Å². The molecule has 1 N–H and O–H groups in total. The molecule has 0 heterocycles. The maximum atomic E-state index is 10.8. The van der Waals surface area contributed by atoms with Crippen LogP contribution in [-0.4, -0.2) is 11.2 Å². The molecule has 0 aromatic rings. The molecule has 1 nitrogen and oxygen atoms in total. The highest BCUT2D eigenvalue weighted by molar-refractivity contribution is 5.22. The van der Waals surface area contributed by atoms with Crippen LogP contribution in [0.3, 0.4) is 0 Å². The Labute approximate surface area is 195 Å². The normalized spacial score (nSPS) is 40.1. The van der Waals surface area contributed by atoms with Gasteiger partial charge in [0.05, 0.1) is 6.10 Å². The second-order valence-electron chi connectivity index (χ2n) is 13.3. The lowest BCUT2D eigenvalue weighted by atomic mass is 9.50. The van der Waals surface area contributed by atoms with Crippen molar-refractivity contribution in [1.29, 1.82) is 0 Å². The van der Waals surface area contributed by atoms with Gasteiger partial charge in [-0.25, -0.2) is 0 Å². The van der Waals surface area contributed by atoms with Crippen LogP contribution in [0.1, 0.15) is 133 Å². The predicted octanol–water partition coefficient (Wildman–Crippen LogP) is 9.20. The van der Waals surface area contributed by atoms with E-state index < -0.39 is 0 Å². The molecule has 0 aliphatic heterocycles. The van der Waals surface area contributed by atoms with Crippen LogP contribution in [0.15, 0.2) is 11.6 Å². The Kier molecular flexibility index (Phi) is 8.61. The van der Waals surface area contributed by atoms with Crippen molar-refractivity contribution in [1.82, 2.24) is 0 Å². The van der Waals surface area contributed by atoms with Gasteiger partial charge < -0.3 is 5.11 Å². The fraction of sp³-hybridized carbons (Fsp3) is 0.933. The lowest BCUT2D eigenvalue weighted by Crippen LogP contribution is -2.52. The minimum atomic E-state index is -0.154. The second kappa shape index (κ2) is 9.90. The zero-order valence-corrected chi connectivity index (χ0v) is 22.9. The van der Waals surface area contributed by atoms with Crippen LogP contribution in [-0.2, 0) is 0 Å². The summed E-state index contributed by atoms with van der Waals surface area (Å²) in [6.07, 6.45) is 15.0. The summed E-state index contributed by atoms with van der Waals surface area (Å²) < 4.78 is 0. The van der Waals surface area contributed by atoms with E-state index in [0.717, 1.165) is 12.3 Å². The molecule has 0 amide bonds. The molecule has 182 valence electrons. The average Bonchev–Trinajstić information content (AvgIpc) is 2.69. The molecule has 0 saturated heterocycles. The number of aliphatic hydroxyl groups is 1. The maximum absolute atomic E-state index is 10.8. The van der Waals surface area contributed by atoms with Gasteiger partial charge in [-0.3, -0.25) is 0 Å². The van der Waals surface area contributed by atoms with Crippen molar-refractivity contribution in [2.75, 3.05) is 0 Å². The van der Waals surface area contributed by atoms with E-state index in [1.807, 2.05) is 0 Å². The molecule has 0 bridgehead atoms. The SMILES string of the molecule is CCCC1C(C)(C)C(O)CCC1(C)C(C)C/C=C1/C(CC)C(C)(CCC)CCC1(C)C. The zero-order valence-electron chi connectivity index (χ0n) is 22.9. The molecule has 6 unspecified atom stereocenters. The zero-order chi connectivity index (χ0) is 23.7. The third kappa shape index (κ3) is 5.12. The van der Waals surface area contributed by atoms with E-state index >= 15 is 0 Å². The van der Waals surface area contributed by atoms with Gasteiger partial charge in [0.2, 0.25) is 0 Å². The first-order valence-electron chi connectivity index (χ1n) is 13.7. The number of hydrogen-bond donors (Lipinski definition) is 1. The van der Waals surface area contributed by atoms with E-state index in [4.69, 9.17) is 0 Å². The third-order valence-electron chi connectivity index (χ3n) is 10.5. The van der Waals surface area contributed by atoms with Crippen LogP contribution in [0.2, 0.25) is 0 Å². The maximum Gasteiger partial charge on any atom is 0.0594 e. The van der Waals surface area contributed by atoms with Gasteiger partial charge in [0.25, 0.3) is 0 Å². The van der Waals surface area contributed by atoms with Crippen LogP contribution in [0, 0.1) is 39.4 Å². The lowest BCUT2D eigenvalue weighted by Gasteiger charge is -2.56. The van der Waals surface area contributed by atoms with Crippen LogP contribution in [0.25, 0.3) is 0 Å². The van der Waals surface area contributed by atoms with Crippen molar-refractivity contribution < 1.29 is 5.11 Å². The van der Waals surface area contributed by atoms with Crippen LogP contribution in [0.5, 0.6) is 0 Å². The van der Waals surface area contributed by atoms with Gasteiger partial charge in [0, 0.05) is 0 Å². The molecule has 0 aromatic heterocycles. The first kappa shape index (κ1) is 26.9. The van der Waals surface area contributed by atoms with Crippen molar-refractivity contribution in [3.8, 4) is 0 Å². The monoisotopic (exact) mass is 432 g/mol. The van der Waals surface area contributed by atoms with Crippen molar-refractivity contribution in [2.24, 2.45) is 39.4 Å². The highest BCUT2D eigenvalue weighted by Gasteiger charge is 2.52. The number of aliphatic hydroxyl groups excluding tert-OH is 1. The van der Waals surface area contributed by atoms with Gasteiger partial charge in [-0.05, 0) is 90.8 Å². The Morgan fingerprint density at radius 1 is 0.968 bits per heavy atom. The molecule has 0 radical (unpaired) electrons. The summed E-state index contributed by atoms with van der Waals surface area (Å²) in [5, 5.41) is 10.8. The minimum Gasteiger partial charge on any atom is -0.393 e. The highest BCUT2D eigenvalue weighted by Crippen LogP contribution is 2.58. The van der Waals surface area contributed by atoms with Crippen molar-refractivity contribution in [3.63, 3.8) is 0 Å². The molecule has 2 aliphatic rings. The van der Waals surface area contributed by atoms with Gasteiger partial charge in [-0.15, -0.1) is 0 Å². The number of rotatable bonds is 8. The largest absolute Gasteiger partial charge is 0.393 e. The fourth-order valence-electron chi connectivity index (χ4n) is 7.99. The molecule has 1 heteroatoms. The topological polar surface area (TPSA) is 20.2 Å². The van der Waals surface area contributed by atoms with Gasteiger partial charge in [-0.1, -0.05) is 93.7 Å². The van der Waals surface area contributed by atoms with E-state index in [-0.39, 0.29) is 11.5 Å². The Morgan fingerprint density at radius 3 is 2.16 bits per heavy atom. The summed E-state index contributed by atoms with van der Waals surface area (Å²) in [6, 6.07) is 0. The summed E-state index contributed by atoms with van der Waals surface area (Å²) >= 11 is 0. The van der Waals surface area contributed by atoms with Crippen molar-refractivity contribution in [3.05, 3.63) is 11.6 Å². The van der Waals surface area contributed by atoms with E-state index in [2.05, 4.69) is 75.3 Å². The van der Waals surface area contributed by atoms with Crippen LogP contribution >= 0.6 is 0 Å². The second-order valence-corrected chi connectivity index (χ2v) is 13.3. The predicted molar refractivity (Wildman–Crippen MR) is 137 cm³/mol. The summed E-state index contributed by atoms with van der Waals surface area (Å²) in [4.78, 5) is 0. The third-order valence-corrected chi connectivity index (χ3v) is 10.5. The summed E-state index contributed by atoms with van der Waals surface area (Å²) in [5.74, 6) is 1.97. The first-order valence-corrected chi connectivity index (χ1v) is 13.7. The molecule has 2 aliphatic carbocycles. The minimum absolute atomic E-state index is 0.0141.